The highest BCUT2D eigenvalue weighted by atomic mass is 32.1. The lowest BCUT2D eigenvalue weighted by Gasteiger charge is -2.18. The number of methoxy groups -OCH3 is 2. The largest absolute Gasteiger partial charge is 0.471 e. The Kier molecular flexibility index (Phi) is 9.18. The van der Waals surface area contributed by atoms with E-state index in [1.54, 1.807) is 0 Å². The molecule has 24 heavy (non-hydrogen) atoms. The van der Waals surface area contributed by atoms with Gasteiger partial charge < -0.3 is 20.1 Å². The summed E-state index contributed by atoms with van der Waals surface area (Å²) >= 11 is 3.85. The van der Waals surface area contributed by atoms with Gasteiger partial charge in [-0.25, -0.2) is 9.59 Å². The van der Waals surface area contributed by atoms with E-state index >= 15 is 0 Å². The standard InChI is InChI=1S/C12H17F3N2O6S/c1-22-9(19)6(17-11(21)12(13,14)15)3-4-8(18)16-7(5-24)10(20)23-2/h6-7,24H,3-5H2,1-2H3,(H,16,18)(H,17,21)/t6-,7+/m0/s1. The van der Waals surface area contributed by atoms with Crippen LogP contribution in [0.2, 0.25) is 0 Å². The Bertz CT molecular complexity index is 486. The van der Waals surface area contributed by atoms with E-state index in [0.29, 0.717) is 0 Å². The molecule has 0 aromatic carbocycles. The van der Waals surface area contributed by atoms with E-state index < -0.39 is 54.9 Å². The van der Waals surface area contributed by atoms with Gasteiger partial charge in [0.05, 0.1) is 14.2 Å². The molecule has 2 amide bonds. The number of nitrogens with one attached hydrogen (secondary N) is 2. The Morgan fingerprint density at radius 3 is 1.92 bits per heavy atom. The van der Waals surface area contributed by atoms with Crippen molar-refractivity contribution in [3.8, 4) is 0 Å². The molecule has 0 aliphatic rings. The lowest BCUT2D eigenvalue weighted by molar-refractivity contribution is -0.175. The van der Waals surface area contributed by atoms with Gasteiger partial charge in [-0.2, -0.15) is 25.8 Å². The topological polar surface area (TPSA) is 111 Å². The highest BCUT2D eigenvalue weighted by Crippen LogP contribution is 2.15. The van der Waals surface area contributed by atoms with Crippen LogP contribution in [0, 0.1) is 0 Å². The molecule has 0 fully saturated rings. The predicted octanol–water partition coefficient (Wildman–Crippen LogP) is -0.426. The number of rotatable bonds is 8. The minimum atomic E-state index is -5.18. The fourth-order valence-electron chi connectivity index (χ4n) is 1.49. The number of hydrogen-bond donors (Lipinski definition) is 3. The number of carbonyl (C=O) groups is 4. The van der Waals surface area contributed by atoms with Gasteiger partial charge in [0.2, 0.25) is 5.91 Å². The second-order valence-corrected chi connectivity index (χ2v) is 4.78. The minimum Gasteiger partial charge on any atom is -0.467 e. The molecule has 0 heterocycles. The van der Waals surface area contributed by atoms with E-state index in [1.165, 1.54) is 5.32 Å². The van der Waals surface area contributed by atoms with E-state index in [-0.39, 0.29) is 5.75 Å². The van der Waals surface area contributed by atoms with Crippen molar-refractivity contribution in [3.05, 3.63) is 0 Å². The number of esters is 2. The van der Waals surface area contributed by atoms with Crippen LogP contribution in [0.5, 0.6) is 0 Å². The third-order valence-corrected chi connectivity index (χ3v) is 3.08. The van der Waals surface area contributed by atoms with Crippen LogP contribution < -0.4 is 10.6 Å². The van der Waals surface area contributed by atoms with Crippen molar-refractivity contribution in [2.75, 3.05) is 20.0 Å². The summed E-state index contributed by atoms with van der Waals surface area (Å²) < 4.78 is 45.3. The van der Waals surface area contributed by atoms with Crippen LogP contribution >= 0.6 is 12.6 Å². The van der Waals surface area contributed by atoms with Crippen molar-refractivity contribution in [1.82, 2.24) is 10.6 Å². The van der Waals surface area contributed by atoms with Crippen LogP contribution in [0.15, 0.2) is 0 Å². The van der Waals surface area contributed by atoms with Crippen LogP contribution in [-0.4, -0.2) is 62.0 Å². The lowest BCUT2D eigenvalue weighted by Crippen LogP contribution is -2.48. The minimum absolute atomic E-state index is 0.0658. The number of carbonyl (C=O) groups excluding carboxylic acids is 4. The molecule has 0 rings (SSSR count). The van der Waals surface area contributed by atoms with Gasteiger partial charge in [-0.05, 0) is 6.42 Å². The number of alkyl halides is 3. The second kappa shape index (κ2) is 10.0. The molecule has 0 spiro atoms. The van der Waals surface area contributed by atoms with Crippen molar-refractivity contribution in [1.29, 1.82) is 0 Å². The van der Waals surface area contributed by atoms with Crippen LogP contribution in [-0.2, 0) is 28.7 Å². The summed E-state index contributed by atoms with van der Waals surface area (Å²) in [6.07, 6.45) is -6.09. The Hall–Kier alpha value is -1.98. The van der Waals surface area contributed by atoms with Gasteiger partial charge in [-0.1, -0.05) is 0 Å². The van der Waals surface area contributed by atoms with Crippen LogP contribution in [0.4, 0.5) is 13.2 Å². The summed E-state index contributed by atoms with van der Waals surface area (Å²) in [5.74, 6) is -5.04. The number of amides is 2. The smallest absolute Gasteiger partial charge is 0.467 e. The molecule has 0 bridgehead atoms. The second-order valence-electron chi connectivity index (χ2n) is 4.41. The van der Waals surface area contributed by atoms with Crippen LogP contribution in [0.25, 0.3) is 0 Å². The van der Waals surface area contributed by atoms with Gasteiger partial charge in [-0.15, -0.1) is 0 Å². The summed E-state index contributed by atoms with van der Waals surface area (Å²) in [5.41, 5.74) is 0. The molecule has 138 valence electrons. The number of ether oxygens (including phenoxy) is 2. The molecule has 0 saturated heterocycles. The molecular formula is C12H17F3N2O6S. The Morgan fingerprint density at radius 1 is 1.00 bits per heavy atom. The third-order valence-electron chi connectivity index (χ3n) is 2.71. The average molecular weight is 374 g/mol. The Labute approximate surface area is 140 Å². The Morgan fingerprint density at radius 2 is 1.50 bits per heavy atom. The number of halogens is 3. The summed E-state index contributed by atoms with van der Waals surface area (Å²) in [7, 11) is 2.02. The molecule has 0 unspecified atom stereocenters. The maximum atomic E-state index is 12.2. The zero-order valence-corrected chi connectivity index (χ0v) is 13.7. The zero-order valence-electron chi connectivity index (χ0n) is 12.8. The average Bonchev–Trinajstić information content (AvgIpc) is 2.53. The van der Waals surface area contributed by atoms with Gasteiger partial charge in [0.1, 0.15) is 12.1 Å². The maximum absolute atomic E-state index is 12.2. The molecule has 0 radical (unpaired) electrons. The zero-order chi connectivity index (χ0) is 18.9. The maximum Gasteiger partial charge on any atom is 0.471 e. The van der Waals surface area contributed by atoms with Gasteiger partial charge in [0.15, 0.2) is 0 Å². The fourth-order valence-corrected chi connectivity index (χ4v) is 1.73. The van der Waals surface area contributed by atoms with Crippen LogP contribution in [0.1, 0.15) is 12.8 Å². The number of hydrogen-bond acceptors (Lipinski definition) is 7. The molecule has 12 heteroatoms. The van der Waals surface area contributed by atoms with Crippen LogP contribution in [0.3, 0.4) is 0 Å². The molecule has 0 saturated carbocycles. The SMILES string of the molecule is COC(=O)[C@H](CCC(=O)N[C@H](CS)C(=O)OC)NC(=O)C(F)(F)F. The van der Waals surface area contributed by atoms with E-state index in [1.807, 2.05) is 0 Å². The van der Waals surface area contributed by atoms with Crippen molar-refractivity contribution < 1.29 is 41.8 Å². The molecule has 0 aromatic rings. The first-order valence-corrected chi connectivity index (χ1v) is 7.13. The molecule has 2 N–H and O–H groups in total. The Balaban J connectivity index is 4.71. The third kappa shape index (κ3) is 7.53. The first kappa shape index (κ1) is 22.0. The van der Waals surface area contributed by atoms with Crippen molar-refractivity contribution in [3.63, 3.8) is 0 Å². The van der Waals surface area contributed by atoms with Crippen molar-refractivity contribution >= 4 is 36.4 Å². The lowest BCUT2D eigenvalue weighted by atomic mass is 10.1. The monoisotopic (exact) mass is 374 g/mol. The normalized spacial score (nSPS) is 13.4. The van der Waals surface area contributed by atoms with Gasteiger partial charge in [0, 0.05) is 12.2 Å². The summed E-state index contributed by atoms with van der Waals surface area (Å²) in [5, 5.41) is 3.68. The van der Waals surface area contributed by atoms with Gasteiger partial charge in [0.25, 0.3) is 0 Å². The summed E-state index contributed by atoms with van der Waals surface area (Å²) in [6, 6.07) is -2.71. The van der Waals surface area contributed by atoms with Gasteiger partial charge in [-0.3, -0.25) is 9.59 Å². The van der Waals surface area contributed by atoms with Gasteiger partial charge >= 0.3 is 24.0 Å². The molecule has 0 aliphatic heterocycles. The fraction of sp³-hybridized carbons (Fsp3) is 0.667. The first-order chi connectivity index (χ1) is 11.1. The quantitative estimate of drug-likeness (QED) is 0.393. The highest BCUT2D eigenvalue weighted by Gasteiger charge is 2.41. The number of thiol groups is 1. The van der Waals surface area contributed by atoms with Crippen molar-refractivity contribution in [2.24, 2.45) is 0 Å². The van der Waals surface area contributed by atoms with E-state index in [0.717, 1.165) is 14.2 Å². The van der Waals surface area contributed by atoms with E-state index in [4.69, 9.17) is 0 Å². The molecule has 8 nitrogen and oxygen atoms in total. The summed E-state index contributed by atoms with van der Waals surface area (Å²) in [4.78, 5) is 45.3. The first-order valence-electron chi connectivity index (χ1n) is 6.50. The molecule has 0 aliphatic carbocycles. The molecule has 2 atom stereocenters. The molecule has 0 aromatic heterocycles. The van der Waals surface area contributed by atoms with Crippen molar-refractivity contribution in [2.45, 2.75) is 31.1 Å². The van der Waals surface area contributed by atoms with E-state index in [2.05, 4.69) is 27.4 Å². The predicted molar refractivity (Wildman–Crippen MR) is 77.0 cm³/mol. The molecular weight excluding hydrogens is 357 g/mol. The summed E-state index contributed by atoms with van der Waals surface area (Å²) in [6.45, 7) is 0. The van der Waals surface area contributed by atoms with E-state index in [9.17, 15) is 32.3 Å². The highest BCUT2D eigenvalue weighted by molar-refractivity contribution is 7.80.